The molecule has 20 heavy (non-hydrogen) atoms. The summed E-state index contributed by atoms with van der Waals surface area (Å²) in [6, 6.07) is 5.95. The molecular weight excluding hydrogens is 264 g/mol. The Morgan fingerprint density at radius 3 is 2.40 bits per heavy atom. The van der Waals surface area contributed by atoms with Crippen molar-refractivity contribution in [2.45, 2.75) is 19.0 Å². The summed E-state index contributed by atoms with van der Waals surface area (Å²) in [5.74, 6) is -2.60. The third-order valence-electron chi connectivity index (χ3n) is 2.42. The molecule has 0 saturated carbocycles. The lowest BCUT2D eigenvalue weighted by atomic mass is 10.2. The van der Waals surface area contributed by atoms with Crippen molar-refractivity contribution in [3.8, 4) is 0 Å². The zero-order chi connectivity index (χ0) is 15.1. The van der Waals surface area contributed by atoms with E-state index in [1.807, 2.05) is 0 Å². The quantitative estimate of drug-likeness (QED) is 0.619. The lowest BCUT2D eigenvalue weighted by Crippen LogP contribution is -2.49. The van der Waals surface area contributed by atoms with Gasteiger partial charge in [0.2, 0.25) is 5.91 Å². The van der Waals surface area contributed by atoms with E-state index in [0.29, 0.717) is 5.56 Å². The van der Waals surface area contributed by atoms with E-state index in [1.165, 1.54) is 6.92 Å². The Bertz CT molecular complexity index is 487. The predicted molar refractivity (Wildman–Crippen MR) is 69.9 cm³/mol. The van der Waals surface area contributed by atoms with Crippen molar-refractivity contribution in [3.63, 3.8) is 0 Å². The molecule has 1 amide bonds. The van der Waals surface area contributed by atoms with Gasteiger partial charge in [0, 0.05) is 0 Å². The van der Waals surface area contributed by atoms with Gasteiger partial charge in [-0.25, -0.2) is 9.59 Å². The largest absolute Gasteiger partial charge is 0.480 e. The van der Waals surface area contributed by atoms with Gasteiger partial charge in [-0.3, -0.25) is 4.79 Å². The molecule has 0 heterocycles. The van der Waals surface area contributed by atoms with Crippen molar-refractivity contribution in [1.82, 2.24) is 5.32 Å². The van der Waals surface area contributed by atoms with Gasteiger partial charge in [-0.2, -0.15) is 0 Å². The first-order valence-electron chi connectivity index (χ1n) is 5.92. The molecule has 0 spiro atoms. The molecule has 1 aromatic carbocycles. The molecule has 1 aromatic rings. The van der Waals surface area contributed by atoms with Crippen LogP contribution in [0, 0.1) is 0 Å². The molecule has 4 N–H and O–H groups in total. The number of carbonyl (C=O) groups excluding carboxylic acids is 2. The zero-order valence-corrected chi connectivity index (χ0v) is 10.9. The third-order valence-corrected chi connectivity index (χ3v) is 2.42. The first kappa shape index (κ1) is 15.6. The van der Waals surface area contributed by atoms with Crippen LogP contribution < -0.4 is 11.1 Å². The summed E-state index contributed by atoms with van der Waals surface area (Å²) in [6.07, 6.45) is 0. The van der Waals surface area contributed by atoms with E-state index in [9.17, 15) is 14.4 Å². The molecule has 2 atom stereocenters. The van der Waals surface area contributed by atoms with Crippen LogP contribution >= 0.6 is 0 Å². The highest BCUT2D eigenvalue weighted by molar-refractivity contribution is 5.90. The number of hydrogen-bond donors (Lipinski definition) is 3. The van der Waals surface area contributed by atoms with Crippen LogP contribution in [0.1, 0.15) is 17.3 Å². The van der Waals surface area contributed by atoms with Crippen molar-refractivity contribution in [3.05, 3.63) is 35.9 Å². The van der Waals surface area contributed by atoms with Gasteiger partial charge in [-0.1, -0.05) is 18.2 Å². The summed E-state index contributed by atoms with van der Waals surface area (Å²) in [6.45, 7) is 0.950. The second-order valence-electron chi connectivity index (χ2n) is 4.15. The molecule has 108 valence electrons. The number of carboxylic acid groups (broad SMARTS) is 1. The number of benzene rings is 1. The SMILES string of the molecule is C[C@H](N)C(=O)N[C@@H](COC(=O)c1ccccc1)C(=O)O. The first-order valence-corrected chi connectivity index (χ1v) is 5.92. The summed E-state index contributed by atoms with van der Waals surface area (Å²) in [5, 5.41) is 11.1. The van der Waals surface area contributed by atoms with Crippen molar-refractivity contribution in [1.29, 1.82) is 0 Å². The molecule has 0 unspecified atom stereocenters. The van der Waals surface area contributed by atoms with Crippen molar-refractivity contribution >= 4 is 17.8 Å². The molecule has 0 saturated heterocycles. The van der Waals surface area contributed by atoms with Crippen LogP contribution in [0.2, 0.25) is 0 Å². The normalized spacial score (nSPS) is 13.1. The van der Waals surface area contributed by atoms with Gasteiger partial charge in [0.15, 0.2) is 6.04 Å². The van der Waals surface area contributed by atoms with Gasteiger partial charge >= 0.3 is 11.9 Å². The van der Waals surface area contributed by atoms with Crippen LogP contribution in [-0.2, 0) is 14.3 Å². The minimum absolute atomic E-state index is 0.301. The number of carboxylic acids is 1. The third kappa shape index (κ3) is 4.69. The summed E-state index contributed by atoms with van der Waals surface area (Å²) < 4.78 is 4.86. The molecule has 7 heteroatoms. The number of hydrogen-bond acceptors (Lipinski definition) is 5. The Labute approximate surface area is 115 Å². The van der Waals surface area contributed by atoms with E-state index in [-0.39, 0.29) is 0 Å². The molecular formula is C13H16N2O5. The maximum atomic E-state index is 11.6. The van der Waals surface area contributed by atoms with Crippen molar-refractivity contribution in [2.75, 3.05) is 6.61 Å². The maximum Gasteiger partial charge on any atom is 0.338 e. The minimum atomic E-state index is -1.33. The van der Waals surface area contributed by atoms with E-state index >= 15 is 0 Å². The summed E-state index contributed by atoms with van der Waals surface area (Å²) in [4.78, 5) is 33.9. The molecule has 0 aliphatic heterocycles. The number of amides is 1. The highest BCUT2D eigenvalue weighted by Gasteiger charge is 2.23. The van der Waals surface area contributed by atoms with Gasteiger partial charge in [-0.05, 0) is 19.1 Å². The lowest BCUT2D eigenvalue weighted by molar-refractivity contribution is -0.143. The first-order chi connectivity index (χ1) is 9.41. The minimum Gasteiger partial charge on any atom is -0.480 e. The lowest BCUT2D eigenvalue weighted by Gasteiger charge is -2.16. The Morgan fingerprint density at radius 2 is 1.90 bits per heavy atom. The second-order valence-corrected chi connectivity index (χ2v) is 4.15. The number of nitrogens with two attached hydrogens (primary N) is 1. The van der Waals surface area contributed by atoms with E-state index in [0.717, 1.165) is 0 Å². The maximum absolute atomic E-state index is 11.6. The average molecular weight is 280 g/mol. The molecule has 0 radical (unpaired) electrons. The van der Waals surface area contributed by atoms with Gasteiger partial charge in [0.25, 0.3) is 0 Å². The Balaban J connectivity index is 2.57. The Kier molecular flexibility index (Phi) is 5.67. The predicted octanol–water partition coefficient (Wildman–Crippen LogP) is -0.240. The number of nitrogens with one attached hydrogen (secondary N) is 1. The number of rotatable bonds is 6. The molecule has 0 aliphatic carbocycles. The molecule has 0 fully saturated rings. The molecule has 0 aliphatic rings. The van der Waals surface area contributed by atoms with Crippen molar-refractivity contribution < 1.29 is 24.2 Å². The van der Waals surface area contributed by atoms with Crippen molar-refractivity contribution in [2.24, 2.45) is 5.73 Å². The van der Waals surface area contributed by atoms with Crippen LogP contribution in [0.4, 0.5) is 0 Å². The van der Waals surface area contributed by atoms with Crippen LogP contribution in [-0.4, -0.2) is 41.6 Å². The highest BCUT2D eigenvalue weighted by Crippen LogP contribution is 2.01. The standard InChI is InChI=1S/C13H16N2O5/c1-8(14)11(16)15-10(12(17)18)7-20-13(19)9-5-3-2-4-6-9/h2-6,8,10H,7,14H2,1H3,(H,15,16)(H,17,18)/t8-,10-/m0/s1. The topological polar surface area (TPSA) is 119 Å². The number of ether oxygens (including phenoxy) is 1. The van der Waals surface area contributed by atoms with Crippen LogP contribution in [0.3, 0.4) is 0 Å². The fraction of sp³-hybridized carbons (Fsp3) is 0.308. The average Bonchev–Trinajstić information content (AvgIpc) is 2.43. The summed E-state index contributed by atoms with van der Waals surface area (Å²) in [5.41, 5.74) is 5.62. The molecule has 0 bridgehead atoms. The Morgan fingerprint density at radius 1 is 1.30 bits per heavy atom. The summed E-state index contributed by atoms with van der Waals surface area (Å²) >= 11 is 0. The fourth-order valence-corrected chi connectivity index (χ4v) is 1.29. The smallest absolute Gasteiger partial charge is 0.338 e. The Hall–Kier alpha value is -2.41. The van der Waals surface area contributed by atoms with E-state index in [1.54, 1.807) is 30.3 Å². The highest BCUT2D eigenvalue weighted by atomic mass is 16.5. The van der Waals surface area contributed by atoms with E-state index in [2.05, 4.69) is 5.32 Å². The van der Waals surface area contributed by atoms with Crippen LogP contribution in [0.5, 0.6) is 0 Å². The van der Waals surface area contributed by atoms with Gasteiger partial charge in [0.05, 0.1) is 11.6 Å². The monoisotopic (exact) mass is 280 g/mol. The van der Waals surface area contributed by atoms with Gasteiger partial charge in [0.1, 0.15) is 6.61 Å². The second kappa shape index (κ2) is 7.25. The molecule has 0 aromatic heterocycles. The number of carbonyl (C=O) groups is 3. The van der Waals surface area contributed by atoms with Crippen LogP contribution in [0.25, 0.3) is 0 Å². The molecule has 7 nitrogen and oxygen atoms in total. The molecule has 1 rings (SSSR count). The van der Waals surface area contributed by atoms with E-state index in [4.69, 9.17) is 15.6 Å². The van der Waals surface area contributed by atoms with Gasteiger partial charge < -0.3 is 20.9 Å². The fourth-order valence-electron chi connectivity index (χ4n) is 1.29. The number of aliphatic carboxylic acids is 1. The summed E-state index contributed by atoms with van der Waals surface area (Å²) in [7, 11) is 0. The number of esters is 1. The van der Waals surface area contributed by atoms with Gasteiger partial charge in [-0.15, -0.1) is 0 Å². The van der Waals surface area contributed by atoms with Crippen LogP contribution in [0.15, 0.2) is 30.3 Å². The van der Waals surface area contributed by atoms with E-state index < -0.39 is 36.5 Å². The zero-order valence-electron chi connectivity index (χ0n) is 10.9.